The molecule has 115 heavy (non-hydrogen) atoms. The van der Waals surface area contributed by atoms with Crippen molar-refractivity contribution in [3.63, 3.8) is 0 Å². The van der Waals surface area contributed by atoms with E-state index >= 15 is 0 Å². The lowest BCUT2D eigenvalue weighted by molar-refractivity contribution is -0.402. The number of hydrogen-bond donors (Lipinski definition) is 0. The fraction of sp³-hybridized carbons (Fsp3) is 0.818. The van der Waals surface area contributed by atoms with Gasteiger partial charge in [0.1, 0.15) is 171 Å². The first kappa shape index (κ1) is 92.4. The summed E-state index contributed by atoms with van der Waals surface area (Å²) in [5.41, 5.74) is 0.728. The maximum atomic E-state index is 7.36. The van der Waals surface area contributed by atoms with E-state index in [1.807, 2.05) is 42.6 Å². The molecule has 38 heteroatoms. The molecule has 0 aliphatic carbocycles. The summed E-state index contributed by atoms with van der Waals surface area (Å²) in [4.78, 5) is 0. The first-order valence-electron chi connectivity index (χ1n) is 38.4. The van der Waals surface area contributed by atoms with Gasteiger partial charge in [0.25, 0.3) is 0 Å². The Morgan fingerprint density at radius 3 is 0.661 bits per heavy atom. The van der Waals surface area contributed by atoms with Gasteiger partial charge < -0.3 is 161 Å². The second kappa shape index (κ2) is 45.2. The predicted octanol–water partition coefficient (Wildman–Crippen LogP) is 0.784. The van der Waals surface area contributed by atoms with Crippen LogP contribution in [0.15, 0.2) is 66.9 Å². The van der Waals surface area contributed by atoms with E-state index in [4.69, 9.17) is 171 Å². The van der Waals surface area contributed by atoms with E-state index in [-0.39, 0.29) is 46.2 Å². The molecule has 21 fully saturated rings. The third kappa shape index (κ3) is 20.6. The third-order valence-corrected chi connectivity index (χ3v) is 24.9. The van der Waals surface area contributed by atoms with Crippen LogP contribution < -0.4 is 10.6 Å². The lowest BCUT2D eigenvalue weighted by atomic mass is 9.94. The van der Waals surface area contributed by atoms with Crippen molar-refractivity contribution in [3.05, 3.63) is 72.6 Å². The normalized spacial score (nSPS) is 41.0. The second-order valence-electron chi connectivity index (χ2n) is 28.7. The largest absolute Gasteiger partial charge is 0.382 e. The van der Waals surface area contributed by atoms with Crippen LogP contribution in [0.4, 0.5) is 0 Å². The molecule has 0 radical (unpaired) electrons. The molecule has 3 aromatic rings. The van der Waals surface area contributed by atoms with Crippen LogP contribution in [-0.2, 0) is 174 Å². The van der Waals surface area contributed by atoms with Crippen LogP contribution in [0.1, 0.15) is 5.69 Å². The van der Waals surface area contributed by atoms with Crippen LogP contribution in [0.5, 0.6) is 0 Å². The van der Waals surface area contributed by atoms with Crippen LogP contribution in [0.2, 0.25) is 0 Å². The molecule has 0 unspecified atom stereocenters. The summed E-state index contributed by atoms with van der Waals surface area (Å²) in [6.07, 6.45) is -34.8. The molecule has 21 aliphatic heterocycles. The minimum atomic E-state index is -1.30. The van der Waals surface area contributed by atoms with Crippen molar-refractivity contribution in [1.29, 1.82) is 0 Å². The summed E-state index contributed by atoms with van der Waals surface area (Å²) < 4.78 is 226. The van der Waals surface area contributed by atoms with Gasteiger partial charge in [-0.05, 0) is 18.5 Å². The highest BCUT2D eigenvalue weighted by Crippen LogP contribution is 2.44. The summed E-state index contributed by atoms with van der Waals surface area (Å²) in [7, 11) is 29.4. The Hall–Kier alpha value is -3.35. The summed E-state index contributed by atoms with van der Waals surface area (Å²) in [5, 5.41) is 11.9. The smallest absolute Gasteiger partial charge is 0.187 e. The van der Waals surface area contributed by atoms with Gasteiger partial charge in [-0.3, -0.25) is 0 Å². The molecule has 0 N–H and O–H groups in total. The number of rotatable bonds is 32. The SMILES string of the molecule is COC[C@H]1O[C@@H]2O[C@H]3[C@H](OC)[C@@H](OC)[C@@H](O[C@H]4[C@H](OC)[C@@H](OC)[C@@H](O[C@H]5[C@H](OC)[C@@H](OC)[C@@H](O[C@H]6[C@H](OC)[C@@H](OC)[C@@H](O[C@H]7[C@H](OC)[C@@H](OC)[C@@H](O[C@H]8[C@H](OC)[C@@H](OC)[C@@H](O[C@H]1[C@H](OC)[C@H]2OC)O[C@@H]8COC)O[C@@H]7COC)O[C@@H]6COC)O[C@@H]5Cn1cc(CP(c2ccccc2)c2ccccc2)nn1)O[C@@H]4COC)O[C@@H]3COC. The van der Waals surface area contributed by atoms with E-state index in [0.29, 0.717) is 6.16 Å². The summed E-state index contributed by atoms with van der Waals surface area (Å²) in [5.74, 6) is 0. The molecule has 24 rings (SSSR count). The van der Waals surface area contributed by atoms with Gasteiger partial charge >= 0.3 is 0 Å². The highest BCUT2D eigenvalue weighted by molar-refractivity contribution is 7.72. The van der Waals surface area contributed by atoms with Gasteiger partial charge in [-0.2, -0.15) is 0 Å². The summed E-state index contributed by atoms with van der Waals surface area (Å²) >= 11 is 0. The van der Waals surface area contributed by atoms with Gasteiger partial charge in [0.2, 0.25) is 0 Å². The first-order chi connectivity index (χ1) is 56.1. The standard InChI is InChI=1S/C77H122N3O34P/c1-81-33-44-51-58(88-8)66(96-16)73(103-44)111-53-46(35-83-3)105-75(68(98-18)60(53)90-10)113-55-48(37-85-5)107-77(70(100-20)62(55)92-12)114-56-49(38-86-6)106-76(69(99-19)63(56)93-13)112-54-47(36-84-4)104-74(67(97-17)61(54)91-11)110-52-45(34-82-2)102-72(65(95-15)59(52)89-9)108-50-43(101-71(109-51)64(94-14)57(50)87-7)32-80-31-40(78-79-80)39-115(41-27-23-21-24-28-41)42-29-25-22-26-30-42/h21-31,43-77H,32-39H2,1-20H3/t43-,44-,45-,46-,47-,48-,49-,50-,51-,52-,53-,54-,55-,56-,57+,58+,59+,60+,61+,62+,63+,64-,65-,66-,67-,68-,69-,70-,71-,72-,73-,74-,75-,76-,77-/m1/s1. The average molecular weight is 1660 g/mol. The molecule has 21 saturated heterocycles. The minimum Gasteiger partial charge on any atom is -0.382 e. The monoisotopic (exact) mass is 1660 g/mol. The molecule has 2 aromatic carbocycles. The van der Waals surface area contributed by atoms with Crippen LogP contribution in [0, 0.1) is 0 Å². The lowest BCUT2D eigenvalue weighted by Gasteiger charge is -2.52. The maximum Gasteiger partial charge on any atom is 0.187 e. The number of methoxy groups -OCH3 is 20. The predicted molar refractivity (Wildman–Crippen MR) is 400 cm³/mol. The van der Waals surface area contributed by atoms with Crippen molar-refractivity contribution < 1.29 is 161 Å². The van der Waals surface area contributed by atoms with Crippen molar-refractivity contribution >= 4 is 18.5 Å². The molecular formula is C77H122N3O34P. The van der Waals surface area contributed by atoms with E-state index in [9.17, 15) is 0 Å². The van der Waals surface area contributed by atoms with E-state index < -0.39 is 223 Å². The molecule has 35 atom stereocenters. The molecule has 0 spiro atoms. The fourth-order valence-electron chi connectivity index (χ4n) is 17.1. The number of nitrogens with zero attached hydrogens (tertiary/aromatic N) is 3. The molecular weight excluding hydrogens is 1540 g/mol. The van der Waals surface area contributed by atoms with E-state index in [2.05, 4.69) is 24.3 Å². The van der Waals surface area contributed by atoms with Crippen molar-refractivity contribution in [1.82, 2.24) is 15.0 Å². The van der Waals surface area contributed by atoms with E-state index in [0.717, 1.165) is 5.69 Å². The average Bonchev–Trinajstić information content (AvgIpc) is 0.825. The number of hydrogen-bond acceptors (Lipinski definition) is 36. The Balaban J connectivity index is 1.01. The zero-order chi connectivity index (χ0) is 82.0. The quantitative estimate of drug-likeness (QED) is 0.0780. The van der Waals surface area contributed by atoms with Gasteiger partial charge in [0.15, 0.2) is 44.0 Å². The van der Waals surface area contributed by atoms with E-state index in [1.165, 1.54) is 153 Å². The minimum absolute atomic E-state index is 0.00515. The van der Waals surface area contributed by atoms with Gasteiger partial charge in [-0.15, -0.1) is 5.10 Å². The number of benzene rings is 2. The lowest BCUT2D eigenvalue weighted by Crippen LogP contribution is -2.69. The Morgan fingerprint density at radius 2 is 0.461 bits per heavy atom. The highest BCUT2D eigenvalue weighted by atomic mass is 31.1. The number of aromatic nitrogens is 3. The zero-order valence-electron chi connectivity index (χ0n) is 69.4. The van der Waals surface area contributed by atoms with E-state index in [1.54, 1.807) is 4.68 Å². The molecule has 22 heterocycles. The van der Waals surface area contributed by atoms with Gasteiger partial charge in [-0.1, -0.05) is 65.9 Å². The van der Waals surface area contributed by atoms with Crippen molar-refractivity contribution in [2.45, 2.75) is 228 Å². The van der Waals surface area contributed by atoms with Crippen LogP contribution in [-0.4, -0.2) is 412 Å². The molecule has 1 aromatic heterocycles. The van der Waals surface area contributed by atoms with Crippen LogP contribution in [0.25, 0.3) is 0 Å². The van der Waals surface area contributed by atoms with Gasteiger partial charge in [0, 0.05) is 155 Å². The molecule has 21 aliphatic rings. The molecule has 14 bridgehead atoms. The van der Waals surface area contributed by atoms with Crippen molar-refractivity contribution in [2.24, 2.45) is 0 Å². The third-order valence-electron chi connectivity index (χ3n) is 22.4. The molecule has 0 amide bonds. The van der Waals surface area contributed by atoms with Gasteiger partial charge in [0.05, 0.1) is 51.9 Å². The fourth-order valence-corrected chi connectivity index (χ4v) is 19.3. The topological polar surface area (TPSA) is 345 Å². The molecule has 37 nitrogen and oxygen atoms in total. The van der Waals surface area contributed by atoms with Crippen molar-refractivity contribution in [2.75, 3.05) is 182 Å². The van der Waals surface area contributed by atoms with Crippen molar-refractivity contribution in [3.8, 4) is 0 Å². The highest BCUT2D eigenvalue weighted by Gasteiger charge is 2.62. The Labute approximate surface area is 674 Å². The summed E-state index contributed by atoms with van der Waals surface area (Å²) in [6.45, 7) is -0.337. The molecule has 654 valence electrons. The Kier molecular flexibility index (Phi) is 36.3. The zero-order valence-corrected chi connectivity index (χ0v) is 70.3. The van der Waals surface area contributed by atoms with Gasteiger partial charge in [-0.25, -0.2) is 4.68 Å². The Bertz CT molecular complexity index is 3180. The van der Waals surface area contributed by atoms with Crippen LogP contribution in [0.3, 0.4) is 0 Å². The summed E-state index contributed by atoms with van der Waals surface area (Å²) in [6, 6.07) is 20.7. The number of ether oxygens (including phenoxy) is 34. The maximum absolute atomic E-state index is 7.36. The molecule has 0 saturated carbocycles. The Morgan fingerprint density at radius 1 is 0.261 bits per heavy atom. The second-order valence-corrected chi connectivity index (χ2v) is 30.9. The van der Waals surface area contributed by atoms with Crippen LogP contribution >= 0.6 is 7.92 Å². The first-order valence-corrected chi connectivity index (χ1v) is 39.9.